The molecular formula is C24H33F3N4OS2. The first-order valence-corrected chi connectivity index (χ1v) is 11.2. The van der Waals surface area contributed by atoms with Crippen LogP contribution in [0.25, 0.3) is 0 Å². The van der Waals surface area contributed by atoms with E-state index in [0.29, 0.717) is 11.4 Å². The highest BCUT2D eigenvalue weighted by Crippen LogP contribution is 2.32. The fraction of sp³-hybridized carbons (Fsp3) is 0.500. The summed E-state index contributed by atoms with van der Waals surface area (Å²) in [5.41, 5.74) is 2.89. The number of benzene rings is 1. The minimum atomic E-state index is -4.46. The van der Waals surface area contributed by atoms with Crippen LogP contribution >= 0.6 is 27.0 Å². The van der Waals surface area contributed by atoms with E-state index < -0.39 is 11.9 Å². The van der Waals surface area contributed by atoms with Crippen LogP contribution < -0.4 is 15.5 Å². The predicted octanol–water partition coefficient (Wildman–Crippen LogP) is 5.17. The largest absolute Gasteiger partial charge is 0.433 e. The standard InChI is InChI=1S/C24H29F3N4O.2H2S/c1-15-13-18(14-22(28-15)24(25,26)27)29-16-8-10-17(11-9-16)30-23(32)20-5-3-7-21-19(20)6-4-12-31(21)2;;/h3,5,7,13-14,16-17H,4,6,8-12H2,1-2H3,(H,28,29)(H,30,32);2*1H2. The summed E-state index contributed by atoms with van der Waals surface area (Å²) in [5, 5.41) is 6.41. The molecule has 2 aliphatic rings. The lowest BCUT2D eigenvalue weighted by Crippen LogP contribution is -2.40. The van der Waals surface area contributed by atoms with Gasteiger partial charge in [-0.15, -0.1) is 0 Å². The number of anilines is 2. The van der Waals surface area contributed by atoms with Gasteiger partial charge >= 0.3 is 6.18 Å². The Bertz CT molecular complexity index is 995. The Morgan fingerprint density at radius 1 is 1.09 bits per heavy atom. The predicted molar refractivity (Wildman–Crippen MR) is 140 cm³/mol. The van der Waals surface area contributed by atoms with Gasteiger partial charge in [0.25, 0.3) is 5.91 Å². The third kappa shape index (κ3) is 6.53. The van der Waals surface area contributed by atoms with E-state index in [-0.39, 0.29) is 45.0 Å². The average molecular weight is 515 g/mol. The molecule has 10 heteroatoms. The Morgan fingerprint density at radius 2 is 1.76 bits per heavy atom. The number of nitrogens with zero attached hydrogens (tertiary/aromatic N) is 2. The quantitative estimate of drug-likeness (QED) is 0.591. The molecule has 1 saturated carbocycles. The SMILES string of the molecule is Cc1cc(NC2CCC(NC(=O)c3cccc4c3CCCN4C)CC2)cc(C(F)(F)F)n1.S.S. The number of rotatable bonds is 4. The second kappa shape index (κ2) is 11.6. The van der Waals surface area contributed by atoms with Gasteiger partial charge < -0.3 is 15.5 Å². The number of hydrogen-bond acceptors (Lipinski definition) is 4. The van der Waals surface area contributed by atoms with Crippen molar-refractivity contribution in [2.45, 2.75) is 63.7 Å². The van der Waals surface area contributed by atoms with Gasteiger partial charge in [0.2, 0.25) is 0 Å². The highest BCUT2D eigenvalue weighted by atomic mass is 32.1. The van der Waals surface area contributed by atoms with Crippen LogP contribution in [0.3, 0.4) is 0 Å². The number of fused-ring (bicyclic) bond motifs is 1. The van der Waals surface area contributed by atoms with E-state index in [4.69, 9.17) is 0 Å². The van der Waals surface area contributed by atoms with E-state index in [1.807, 2.05) is 12.1 Å². The first-order chi connectivity index (χ1) is 15.2. The number of nitrogens with one attached hydrogen (secondary N) is 2. The second-order valence-corrected chi connectivity index (χ2v) is 8.87. The van der Waals surface area contributed by atoms with Crippen molar-refractivity contribution in [2.24, 2.45) is 0 Å². The van der Waals surface area contributed by atoms with Crippen LogP contribution in [0.15, 0.2) is 30.3 Å². The van der Waals surface area contributed by atoms with Gasteiger partial charge in [-0.3, -0.25) is 4.79 Å². The third-order valence-electron chi connectivity index (χ3n) is 6.40. The van der Waals surface area contributed by atoms with Gasteiger partial charge in [0.05, 0.1) is 0 Å². The summed E-state index contributed by atoms with van der Waals surface area (Å²) in [4.78, 5) is 18.8. The Balaban J connectivity index is 0.00000204. The van der Waals surface area contributed by atoms with Gasteiger partial charge in [0.1, 0.15) is 5.69 Å². The molecule has 1 aliphatic heterocycles. The molecule has 0 saturated heterocycles. The Morgan fingerprint density at radius 3 is 2.44 bits per heavy atom. The summed E-state index contributed by atoms with van der Waals surface area (Å²) < 4.78 is 39.1. The second-order valence-electron chi connectivity index (χ2n) is 8.87. The molecule has 34 heavy (non-hydrogen) atoms. The van der Waals surface area contributed by atoms with Crippen LogP contribution in [-0.2, 0) is 12.6 Å². The molecule has 5 nitrogen and oxygen atoms in total. The molecule has 2 N–H and O–H groups in total. The molecule has 0 spiro atoms. The molecule has 1 aromatic heterocycles. The zero-order valence-electron chi connectivity index (χ0n) is 19.4. The first-order valence-electron chi connectivity index (χ1n) is 11.2. The molecule has 0 atom stereocenters. The summed E-state index contributed by atoms with van der Waals surface area (Å²) in [6, 6.07) is 8.74. The maximum absolute atomic E-state index is 13.0. The van der Waals surface area contributed by atoms with Crippen molar-refractivity contribution in [3.8, 4) is 0 Å². The first kappa shape index (κ1) is 28.2. The van der Waals surface area contributed by atoms with Crippen molar-refractivity contribution in [2.75, 3.05) is 23.8 Å². The molecule has 1 aliphatic carbocycles. The van der Waals surface area contributed by atoms with Crippen molar-refractivity contribution in [3.05, 3.63) is 52.8 Å². The van der Waals surface area contributed by atoms with E-state index in [2.05, 4.69) is 33.6 Å². The molecule has 2 heterocycles. The molecule has 1 fully saturated rings. The summed E-state index contributed by atoms with van der Waals surface area (Å²) in [6.45, 7) is 2.56. The molecule has 0 bridgehead atoms. The van der Waals surface area contributed by atoms with Crippen LogP contribution in [0.2, 0.25) is 0 Å². The number of alkyl halides is 3. The van der Waals surface area contributed by atoms with Gasteiger partial charge in [0.15, 0.2) is 0 Å². The van der Waals surface area contributed by atoms with E-state index in [1.165, 1.54) is 0 Å². The van der Waals surface area contributed by atoms with Crippen molar-refractivity contribution in [3.63, 3.8) is 0 Å². The van der Waals surface area contributed by atoms with Crippen LogP contribution in [0, 0.1) is 6.92 Å². The number of halogens is 3. The summed E-state index contributed by atoms with van der Waals surface area (Å²) in [6.07, 6.45) is 0.617. The van der Waals surface area contributed by atoms with Gasteiger partial charge in [-0.05, 0) is 75.3 Å². The lowest BCUT2D eigenvalue weighted by molar-refractivity contribution is -0.141. The smallest absolute Gasteiger partial charge is 0.382 e. The zero-order valence-corrected chi connectivity index (χ0v) is 21.4. The Hall–Kier alpha value is -2.07. The normalized spacial score (nSPS) is 19.9. The summed E-state index contributed by atoms with van der Waals surface area (Å²) in [7, 11) is 2.05. The fourth-order valence-corrected chi connectivity index (χ4v) is 4.80. The minimum Gasteiger partial charge on any atom is -0.382 e. The number of amides is 1. The highest BCUT2D eigenvalue weighted by Gasteiger charge is 2.33. The molecule has 1 amide bonds. The van der Waals surface area contributed by atoms with Gasteiger partial charge in [-0.2, -0.15) is 40.2 Å². The van der Waals surface area contributed by atoms with Gasteiger partial charge in [0, 0.05) is 48.3 Å². The topological polar surface area (TPSA) is 57.3 Å². The molecular weight excluding hydrogens is 481 g/mol. The molecule has 188 valence electrons. The number of aromatic nitrogens is 1. The number of hydrogen-bond donors (Lipinski definition) is 2. The molecule has 1 aromatic carbocycles. The van der Waals surface area contributed by atoms with Crippen LogP contribution in [0.4, 0.5) is 24.5 Å². The molecule has 0 radical (unpaired) electrons. The van der Waals surface area contributed by atoms with Gasteiger partial charge in [-0.1, -0.05) is 6.07 Å². The van der Waals surface area contributed by atoms with Crippen LogP contribution in [0.1, 0.15) is 59.4 Å². The average Bonchev–Trinajstić information content (AvgIpc) is 2.74. The van der Waals surface area contributed by atoms with Crippen molar-refractivity contribution in [1.82, 2.24) is 10.3 Å². The monoisotopic (exact) mass is 514 g/mol. The molecule has 0 unspecified atom stereocenters. The van der Waals surface area contributed by atoms with Crippen molar-refractivity contribution >= 4 is 44.3 Å². The molecule has 2 aromatic rings. The van der Waals surface area contributed by atoms with Crippen molar-refractivity contribution in [1.29, 1.82) is 0 Å². The Kier molecular flexibility index (Phi) is 9.59. The van der Waals surface area contributed by atoms with E-state index >= 15 is 0 Å². The molecule has 4 rings (SSSR count). The minimum absolute atomic E-state index is 0. The number of aryl methyl sites for hydroxylation is 1. The van der Waals surface area contributed by atoms with Crippen LogP contribution in [-0.4, -0.2) is 36.6 Å². The summed E-state index contributed by atoms with van der Waals surface area (Å²) >= 11 is 0. The third-order valence-corrected chi connectivity index (χ3v) is 6.40. The number of pyridine rings is 1. The van der Waals surface area contributed by atoms with Crippen LogP contribution in [0.5, 0.6) is 0 Å². The van der Waals surface area contributed by atoms with E-state index in [9.17, 15) is 18.0 Å². The maximum Gasteiger partial charge on any atom is 0.433 e. The number of carbonyl (C=O) groups is 1. The van der Waals surface area contributed by atoms with E-state index in [0.717, 1.165) is 68.0 Å². The maximum atomic E-state index is 13.0. The Labute approximate surface area is 212 Å². The fourth-order valence-electron chi connectivity index (χ4n) is 4.80. The lowest BCUT2D eigenvalue weighted by Gasteiger charge is -2.32. The van der Waals surface area contributed by atoms with Gasteiger partial charge in [-0.25, -0.2) is 4.98 Å². The highest BCUT2D eigenvalue weighted by molar-refractivity contribution is 7.59. The lowest BCUT2D eigenvalue weighted by atomic mass is 9.90. The number of carbonyl (C=O) groups excluding carboxylic acids is 1. The van der Waals surface area contributed by atoms with Crippen molar-refractivity contribution < 1.29 is 18.0 Å². The van der Waals surface area contributed by atoms with E-state index in [1.54, 1.807) is 13.0 Å². The summed E-state index contributed by atoms with van der Waals surface area (Å²) in [5.74, 6) is -0.0341. The zero-order chi connectivity index (χ0) is 22.9.